The predicted molar refractivity (Wildman–Crippen MR) is 103 cm³/mol. The van der Waals surface area contributed by atoms with Crippen LogP contribution in [0.3, 0.4) is 0 Å². The molecule has 2 aliphatic rings. The molecule has 1 aliphatic carbocycles. The minimum Gasteiger partial charge on any atom is -0.350 e. The number of carbonyl (C=O) groups is 2. The van der Waals surface area contributed by atoms with Crippen molar-refractivity contribution in [2.75, 3.05) is 11.9 Å². The van der Waals surface area contributed by atoms with Crippen LogP contribution in [0.15, 0.2) is 41.8 Å². The largest absolute Gasteiger partial charge is 0.350 e. The first-order valence-corrected chi connectivity index (χ1v) is 10.6. The molecule has 0 spiro atoms. The smallest absolute Gasteiger partial charge is 0.243 e. The van der Waals surface area contributed by atoms with Crippen molar-refractivity contribution in [3.8, 4) is 0 Å². The molecule has 0 bridgehead atoms. The van der Waals surface area contributed by atoms with Crippen LogP contribution in [-0.4, -0.2) is 43.2 Å². The Hall–Kier alpha value is -2.19. The van der Waals surface area contributed by atoms with Gasteiger partial charge in [-0.15, -0.1) is 0 Å². The van der Waals surface area contributed by atoms with Gasteiger partial charge in [-0.2, -0.15) is 4.31 Å². The average Bonchev–Trinajstić information content (AvgIpc) is 3.47. The molecule has 1 heterocycles. The number of amides is 2. The minimum absolute atomic E-state index is 0.0112. The molecule has 27 heavy (non-hydrogen) atoms. The average molecular weight is 391 g/mol. The summed E-state index contributed by atoms with van der Waals surface area (Å²) in [5.74, 6) is -0.160. The van der Waals surface area contributed by atoms with E-state index in [2.05, 4.69) is 17.2 Å². The van der Waals surface area contributed by atoms with Gasteiger partial charge in [0.15, 0.2) is 0 Å². The van der Waals surface area contributed by atoms with E-state index in [4.69, 9.17) is 0 Å². The lowest BCUT2D eigenvalue weighted by atomic mass is 10.0. The number of hydrogen-bond donors (Lipinski definition) is 2. The molecule has 2 amide bonds. The number of nitrogens with one attached hydrogen (secondary N) is 2. The highest BCUT2D eigenvalue weighted by Crippen LogP contribution is 2.31. The Balaban J connectivity index is 1.66. The van der Waals surface area contributed by atoms with E-state index < -0.39 is 10.0 Å². The van der Waals surface area contributed by atoms with Gasteiger partial charge in [-0.05, 0) is 62.9 Å². The Labute approximate surface area is 159 Å². The van der Waals surface area contributed by atoms with E-state index in [0.717, 1.165) is 12.8 Å². The summed E-state index contributed by atoms with van der Waals surface area (Å²) in [6, 6.07) is 6.00. The van der Waals surface area contributed by atoms with Crippen molar-refractivity contribution < 1.29 is 18.0 Å². The molecule has 8 heteroatoms. The molecule has 2 fully saturated rings. The summed E-state index contributed by atoms with van der Waals surface area (Å²) in [4.78, 5) is 23.5. The van der Waals surface area contributed by atoms with Crippen molar-refractivity contribution in [1.82, 2.24) is 9.62 Å². The van der Waals surface area contributed by atoms with E-state index in [1.807, 2.05) is 6.92 Å². The first-order chi connectivity index (χ1) is 12.8. The number of piperidine rings is 1. The Bertz CT molecular complexity index is 831. The number of benzene rings is 1. The monoisotopic (exact) mass is 391 g/mol. The number of anilines is 1. The summed E-state index contributed by atoms with van der Waals surface area (Å²) in [5.41, 5.74) is 0.602. The summed E-state index contributed by atoms with van der Waals surface area (Å²) in [6.07, 6.45) is 4.16. The van der Waals surface area contributed by atoms with E-state index in [0.29, 0.717) is 25.1 Å². The Morgan fingerprint density at radius 3 is 2.41 bits per heavy atom. The standard InChI is InChI=1S/C19H25N3O4S/c1-3-18(23)20-16-10-11-22(13(2)12-16)27(25,26)17-8-6-15(7-9-17)21-19(24)14-4-5-14/h3,6-9,13-14,16H,1,4-5,10-12H2,2H3,(H,20,23)(H,21,24). The molecule has 2 N–H and O–H groups in total. The molecule has 0 radical (unpaired) electrons. The van der Waals surface area contributed by atoms with Gasteiger partial charge in [-0.3, -0.25) is 9.59 Å². The summed E-state index contributed by atoms with van der Waals surface area (Å²) >= 11 is 0. The van der Waals surface area contributed by atoms with Gasteiger partial charge in [0.1, 0.15) is 0 Å². The van der Waals surface area contributed by atoms with E-state index >= 15 is 0 Å². The van der Waals surface area contributed by atoms with Crippen molar-refractivity contribution >= 4 is 27.5 Å². The highest BCUT2D eigenvalue weighted by atomic mass is 32.2. The van der Waals surface area contributed by atoms with E-state index in [1.165, 1.54) is 22.5 Å². The lowest BCUT2D eigenvalue weighted by Crippen LogP contribution is -2.50. The Morgan fingerprint density at radius 2 is 1.85 bits per heavy atom. The van der Waals surface area contributed by atoms with Crippen molar-refractivity contribution in [3.05, 3.63) is 36.9 Å². The van der Waals surface area contributed by atoms with Crippen LogP contribution in [0, 0.1) is 5.92 Å². The fourth-order valence-corrected chi connectivity index (χ4v) is 4.99. The summed E-state index contributed by atoms with van der Waals surface area (Å²) in [7, 11) is -3.63. The Kier molecular flexibility index (Phi) is 5.67. The third kappa shape index (κ3) is 4.56. The zero-order valence-corrected chi connectivity index (χ0v) is 16.2. The molecular weight excluding hydrogens is 366 g/mol. The third-order valence-electron chi connectivity index (χ3n) is 5.02. The highest BCUT2D eigenvalue weighted by molar-refractivity contribution is 7.89. The normalized spacial score (nSPS) is 23.4. The molecule has 1 aromatic rings. The molecule has 2 atom stereocenters. The molecule has 2 unspecified atom stereocenters. The second kappa shape index (κ2) is 7.82. The maximum atomic E-state index is 13.0. The van der Waals surface area contributed by atoms with Crippen molar-refractivity contribution in [3.63, 3.8) is 0 Å². The van der Waals surface area contributed by atoms with Crippen molar-refractivity contribution in [2.24, 2.45) is 5.92 Å². The fraction of sp³-hybridized carbons (Fsp3) is 0.474. The number of rotatable bonds is 6. The van der Waals surface area contributed by atoms with E-state index in [9.17, 15) is 18.0 Å². The van der Waals surface area contributed by atoms with Crippen LogP contribution in [-0.2, 0) is 19.6 Å². The Morgan fingerprint density at radius 1 is 1.19 bits per heavy atom. The van der Waals surface area contributed by atoms with Crippen LogP contribution < -0.4 is 10.6 Å². The molecular formula is C19H25N3O4S. The van der Waals surface area contributed by atoms with Gasteiger partial charge in [-0.25, -0.2) is 8.42 Å². The first-order valence-electron chi connectivity index (χ1n) is 9.17. The van der Waals surface area contributed by atoms with Gasteiger partial charge in [0, 0.05) is 30.2 Å². The van der Waals surface area contributed by atoms with E-state index in [1.54, 1.807) is 12.1 Å². The third-order valence-corrected chi connectivity index (χ3v) is 7.05. The molecule has 1 saturated carbocycles. The molecule has 7 nitrogen and oxygen atoms in total. The van der Waals surface area contributed by atoms with Crippen LogP contribution in [0.5, 0.6) is 0 Å². The molecule has 0 aromatic heterocycles. The number of hydrogen-bond acceptors (Lipinski definition) is 4. The topological polar surface area (TPSA) is 95.6 Å². The van der Waals surface area contributed by atoms with Gasteiger partial charge < -0.3 is 10.6 Å². The molecule has 3 rings (SSSR count). The second-order valence-electron chi connectivity index (χ2n) is 7.19. The first kappa shape index (κ1) is 19.6. The van der Waals surface area contributed by atoms with Crippen LogP contribution >= 0.6 is 0 Å². The summed E-state index contributed by atoms with van der Waals surface area (Å²) in [5, 5.41) is 5.64. The maximum absolute atomic E-state index is 13.0. The van der Waals surface area contributed by atoms with Crippen molar-refractivity contribution in [1.29, 1.82) is 0 Å². The van der Waals surface area contributed by atoms with Crippen LogP contribution in [0.1, 0.15) is 32.6 Å². The highest BCUT2D eigenvalue weighted by Gasteiger charge is 2.35. The quantitative estimate of drug-likeness (QED) is 0.724. The fourth-order valence-electron chi connectivity index (χ4n) is 3.33. The van der Waals surface area contributed by atoms with Crippen LogP contribution in [0.2, 0.25) is 0 Å². The van der Waals surface area contributed by atoms with Gasteiger partial charge in [0.05, 0.1) is 4.90 Å². The second-order valence-corrected chi connectivity index (χ2v) is 9.08. The molecule has 1 aromatic carbocycles. The van der Waals surface area contributed by atoms with Crippen LogP contribution in [0.4, 0.5) is 5.69 Å². The summed E-state index contributed by atoms with van der Waals surface area (Å²) < 4.78 is 27.4. The lowest BCUT2D eigenvalue weighted by molar-refractivity contribution is -0.118. The van der Waals surface area contributed by atoms with Gasteiger partial charge in [0.2, 0.25) is 21.8 Å². The number of nitrogens with zero attached hydrogens (tertiary/aromatic N) is 1. The molecule has 146 valence electrons. The van der Waals surface area contributed by atoms with Gasteiger partial charge in [-0.1, -0.05) is 6.58 Å². The lowest BCUT2D eigenvalue weighted by Gasteiger charge is -2.36. The molecule has 1 saturated heterocycles. The SMILES string of the molecule is C=CC(=O)NC1CCN(S(=O)(=O)c2ccc(NC(=O)C3CC3)cc2)C(C)C1. The zero-order chi connectivity index (χ0) is 19.6. The van der Waals surface area contributed by atoms with Gasteiger partial charge in [0.25, 0.3) is 0 Å². The zero-order valence-electron chi connectivity index (χ0n) is 15.3. The maximum Gasteiger partial charge on any atom is 0.243 e. The molecule has 1 aliphatic heterocycles. The number of sulfonamides is 1. The summed E-state index contributed by atoms with van der Waals surface area (Å²) in [6.45, 7) is 5.61. The predicted octanol–water partition coefficient (Wildman–Crippen LogP) is 1.88. The van der Waals surface area contributed by atoms with Crippen molar-refractivity contribution in [2.45, 2.75) is 49.6 Å². The minimum atomic E-state index is -3.63. The van der Waals surface area contributed by atoms with E-state index in [-0.39, 0.29) is 34.7 Å². The van der Waals surface area contributed by atoms with Crippen LogP contribution in [0.25, 0.3) is 0 Å². The van der Waals surface area contributed by atoms with Gasteiger partial charge >= 0.3 is 0 Å². The number of carbonyl (C=O) groups excluding carboxylic acids is 2.